The van der Waals surface area contributed by atoms with Gasteiger partial charge in [-0.25, -0.2) is 0 Å². The van der Waals surface area contributed by atoms with Crippen molar-refractivity contribution in [3.8, 4) is 0 Å². The Bertz CT molecular complexity index is 566. The quantitative estimate of drug-likeness (QED) is 0.881. The highest BCUT2D eigenvalue weighted by Gasteiger charge is 2.20. The van der Waals surface area contributed by atoms with E-state index in [4.69, 9.17) is 9.52 Å². The number of rotatable bonds is 6. The molecule has 1 atom stereocenters. The Morgan fingerprint density at radius 1 is 1.38 bits per heavy atom. The second-order valence-corrected chi connectivity index (χ2v) is 5.92. The van der Waals surface area contributed by atoms with Gasteiger partial charge in [-0.3, -0.25) is 4.68 Å². The standard InChI is InChI=1S/C17H25N3O/c1-3-17-15(9-11-21-17)16(18-2)12-13-8-10-20(19-13)14-6-4-5-7-14/h8-11,14,16,18H,3-7,12H2,1-2H3. The van der Waals surface area contributed by atoms with Crippen LogP contribution in [0.2, 0.25) is 0 Å². The summed E-state index contributed by atoms with van der Waals surface area (Å²) < 4.78 is 7.73. The van der Waals surface area contributed by atoms with Gasteiger partial charge in [0, 0.05) is 30.6 Å². The largest absolute Gasteiger partial charge is 0.469 e. The SMILES string of the molecule is CCc1occc1C(Cc1ccn(C2CCCC2)n1)NC. The van der Waals surface area contributed by atoms with Crippen molar-refractivity contribution in [1.29, 1.82) is 0 Å². The molecule has 3 rings (SSSR count). The number of aryl methyl sites for hydroxylation is 1. The van der Waals surface area contributed by atoms with Crippen LogP contribution in [0.4, 0.5) is 0 Å². The molecular formula is C17H25N3O. The van der Waals surface area contributed by atoms with Crippen molar-refractivity contribution in [3.05, 3.63) is 41.6 Å². The minimum Gasteiger partial charge on any atom is -0.469 e. The van der Waals surface area contributed by atoms with Gasteiger partial charge in [0.1, 0.15) is 5.76 Å². The van der Waals surface area contributed by atoms with Gasteiger partial charge in [-0.05, 0) is 32.0 Å². The van der Waals surface area contributed by atoms with Crippen LogP contribution in [-0.4, -0.2) is 16.8 Å². The fourth-order valence-electron chi connectivity index (χ4n) is 3.38. The molecule has 1 unspecified atom stereocenters. The molecule has 0 saturated heterocycles. The van der Waals surface area contributed by atoms with E-state index in [0.29, 0.717) is 6.04 Å². The summed E-state index contributed by atoms with van der Waals surface area (Å²) in [7, 11) is 2.01. The van der Waals surface area contributed by atoms with Crippen molar-refractivity contribution in [2.24, 2.45) is 0 Å². The third-order valence-electron chi connectivity index (χ3n) is 4.60. The minimum atomic E-state index is 0.269. The Morgan fingerprint density at radius 3 is 2.90 bits per heavy atom. The summed E-state index contributed by atoms with van der Waals surface area (Å²) in [5.41, 5.74) is 2.42. The van der Waals surface area contributed by atoms with Gasteiger partial charge in [0.05, 0.1) is 18.0 Å². The van der Waals surface area contributed by atoms with E-state index in [9.17, 15) is 0 Å². The zero-order valence-corrected chi connectivity index (χ0v) is 13.0. The average molecular weight is 287 g/mol. The fourth-order valence-corrected chi connectivity index (χ4v) is 3.38. The molecule has 1 fully saturated rings. The zero-order chi connectivity index (χ0) is 14.7. The van der Waals surface area contributed by atoms with Crippen molar-refractivity contribution in [2.45, 2.75) is 57.5 Å². The van der Waals surface area contributed by atoms with Gasteiger partial charge in [-0.2, -0.15) is 5.10 Å². The van der Waals surface area contributed by atoms with Crippen LogP contribution in [0.1, 0.15) is 61.7 Å². The Labute approximate surface area is 126 Å². The normalized spacial score (nSPS) is 17.4. The maximum absolute atomic E-state index is 5.56. The maximum atomic E-state index is 5.56. The van der Waals surface area contributed by atoms with Gasteiger partial charge in [0.15, 0.2) is 0 Å². The highest BCUT2D eigenvalue weighted by molar-refractivity contribution is 5.23. The van der Waals surface area contributed by atoms with Crippen molar-refractivity contribution >= 4 is 0 Å². The molecule has 0 bridgehead atoms. The first-order valence-electron chi connectivity index (χ1n) is 8.09. The summed E-state index contributed by atoms with van der Waals surface area (Å²) in [6, 6.07) is 5.13. The van der Waals surface area contributed by atoms with Gasteiger partial charge in [-0.1, -0.05) is 19.8 Å². The Hall–Kier alpha value is -1.55. The van der Waals surface area contributed by atoms with Crippen LogP contribution < -0.4 is 5.32 Å². The molecule has 4 nitrogen and oxygen atoms in total. The Kier molecular flexibility index (Phi) is 4.44. The summed E-state index contributed by atoms with van der Waals surface area (Å²) in [5, 5.41) is 8.19. The van der Waals surface area contributed by atoms with Crippen LogP contribution in [0, 0.1) is 0 Å². The fraction of sp³-hybridized carbons (Fsp3) is 0.588. The highest BCUT2D eigenvalue weighted by atomic mass is 16.3. The second-order valence-electron chi connectivity index (χ2n) is 5.92. The third kappa shape index (κ3) is 3.05. The van der Waals surface area contributed by atoms with E-state index in [1.54, 1.807) is 6.26 Å². The molecular weight excluding hydrogens is 262 g/mol. The summed E-state index contributed by atoms with van der Waals surface area (Å²) >= 11 is 0. The molecule has 0 radical (unpaired) electrons. The lowest BCUT2D eigenvalue weighted by Gasteiger charge is -2.15. The first-order chi connectivity index (χ1) is 10.3. The van der Waals surface area contributed by atoms with Crippen molar-refractivity contribution < 1.29 is 4.42 Å². The molecule has 1 N–H and O–H groups in total. The monoisotopic (exact) mass is 287 g/mol. The Balaban J connectivity index is 1.72. The average Bonchev–Trinajstić information content (AvgIpc) is 3.23. The highest BCUT2D eigenvalue weighted by Crippen LogP contribution is 2.29. The van der Waals surface area contributed by atoms with Crippen LogP contribution in [0.3, 0.4) is 0 Å². The first kappa shape index (κ1) is 14.4. The van der Waals surface area contributed by atoms with Gasteiger partial charge in [-0.15, -0.1) is 0 Å². The van der Waals surface area contributed by atoms with Gasteiger partial charge >= 0.3 is 0 Å². The maximum Gasteiger partial charge on any atom is 0.108 e. The zero-order valence-electron chi connectivity index (χ0n) is 13.0. The number of aromatic nitrogens is 2. The van der Waals surface area contributed by atoms with Crippen molar-refractivity contribution in [2.75, 3.05) is 7.05 Å². The molecule has 0 aromatic carbocycles. The molecule has 1 aliphatic carbocycles. The molecule has 1 aliphatic rings. The molecule has 21 heavy (non-hydrogen) atoms. The molecule has 2 aromatic heterocycles. The lowest BCUT2D eigenvalue weighted by atomic mass is 10.0. The van der Waals surface area contributed by atoms with E-state index in [0.717, 1.165) is 24.3 Å². The van der Waals surface area contributed by atoms with Gasteiger partial charge in [0.2, 0.25) is 0 Å². The molecule has 114 valence electrons. The van der Waals surface area contributed by atoms with Crippen LogP contribution in [-0.2, 0) is 12.8 Å². The van der Waals surface area contributed by atoms with Gasteiger partial charge in [0.25, 0.3) is 0 Å². The molecule has 0 amide bonds. The van der Waals surface area contributed by atoms with E-state index in [1.807, 2.05) is 7.05 Å². The van der Waals surface area contributed by atoms with Crippen LogP contribution in [0.15, 0.2) is 29.0 Å². The molecule has 4 heteroatoms. The number of nitrogens with one attached hydrogen (secondary N) is 1. The molecule has 0 spiro atoms. The van der Waals surface area contributed by atoms with Crippen LogP contribution >= 0.6 is 0 Å². The van der Waals surface area contributed by atoms with Crippen molar-refractivity contribution in [3.63, 3.8) is 0 Å². The van der Waals surface area contributed by atoms with Crippen LogP contribution in [0.5, 0.6) is 0 Å². The number of nitrogens with zero attached hydrogens (tertiary/aromatic N) is 2. The molecule has 1 saturated carbocycles. The van der Waals surface area contributed by atoms with E-state index in [-0.39, 0.29) is 6.04 Å². The van der Waals surface area contributed by atoms with Crippen molar-refractivity contribution in [1.82, 2.24) is 15.1 Å². The topological polar surface area (TPSA) is 43.0 Å². The lowest BCUT2D eigenvalue weighted by Crippen LogP contribution is -2.20. The summed E-state index contributed by atoms with van der Waals surface area (Å²) in [5.74, 6) is 1.07. The van der Waals surface area contributed by atoms with Gasteiger partial charge < -0.3 is 9.73 Å². The van der Waals surface area contributed by atoms with E-state index < -0.39 is 0 Å². The predicted molar refractivity (Wildman–Crippen MR) is 83.3 cm³/mol. The summed E-state index contributed by atoms with van der Waals surface area (Å²) in [6.45, 7) is 2.13. The molecule has 0 aliphatic heterocycles. The third-order valence-corrected chi connectivity index (χ3v) is 4.60. The molecule has 2 heterocycles. The van der Waals surface area contributed by atoms with E-state index in [1.165, 1.54) is 31.2 Å². The minimum absolute atomic E-state index is 0.269. The van der Waals surface area contributed by atoms with Crippen LogP contribution in [0.25, 0.3) is 0 Å². The summed E-state index contributed by atoms with van der Waals surface area (Å²) in [4.78, 5) is 0. The predicted octanol–water partition coefficient (Wildman–Crippen LogP) is 3.66. The Morgan fingerprint density at radius 2 is 2.19 bits per heavy atom. The second kappa shape index (κ2) is 6.48. The number of hydrogen-bond acceptors (Lipinski definition) is 3. The molecule has 2 aromatic rings. The lowest BCUT2D eigenvalue weighted by molar-refractivity contribution is 0.457. The number of hydrogen-bond donors (Lipinski definition) is 1. The number of likely N-dealkylation sites (N-methyl/N-ethyl adjacent to an activating group) is 1. The van der Waals surface area contributed by atoms with E-state index in [2.05, 4.69) is 35.3 Å². The van der Waals surface area contributed by atoms with E-state index >= 15 is 0 Å². The number of furan rings is 1. The smallest absolute Gasteiger partial charge is 0.108 e. The first-order valence-corrected chi connectivity index (χ1v) is 8.09. The summed E-state index contributed by atoms with van der Waals surface area (Å²) in [6.07, 6.45) is 11.0.